The molecule has 0 unspecified atom stereocenters. The van der Waals surface area contributed by atoms with E-state index >= 15 is 0 Å². The maximum absolute atomic E-state index is 9.84. The van der Waals surface area contributed by atoms with Crippen LogP contribution in [0.4, 0.5) is 5.69 Å². The molecule has 0 N–H and O–H groups in total. The smallest absolute Gasteiger partial charge is 0.218 e. The van der Waals surface area contributed by atoms with Gasteiger partial charge in [0.15, 0.2) is 0 Å². The van der Waals surface area contributed by atoms with Crippen LogP contribution in [0.15, 0.2) is 17.1 Å². The van der Waals surface area contributed by atoms with E-state index in [9.17, 15) is 5.26 Å². The largest absolute Gasteiger partial charge is 0.443 e. The fourth-order valence-corrected chi connectivity index (χ4v) is 4.64. The van der Waals surface area contributed by atoms with E-state index in [2.05, 4.69) is 29.3 Å². The topological polar surface area (TPSA) is 61.5 Å². The molecule has 1 aromatic carbocycles. The number of hydrogen-bond acceptors (Lipinski definition) is 5. The van der Waals surface area contributed by atoms with Gasteiger partial charge in [0, 0.05) is 30.5 Å². The van der Waals surface area contributed by atoms with Crippen LogP contribution >= 0.6 is 11.5 Å². The van der Waals surface area contributed by atoms with Crippen molar-refractivity contribution in [2.45, 2.75) is 65.2 Å². The third-order valence-corrected chi connectivity index (χ3v) is 6.62. The summed E-state index contributed by atoms with van der Waals surface area (Å²) < 4.78 is 10.9. The van der Waals surface area contributed by atoms with E-state index in [0.717, 1.165) is 47.6 Å². The van der Waals surface area contributed by atoms with Crippen LogP contribution in [0.3, 0.4) is 0 Å². The second-order valence-corrected chi connectivity index (χ2v) is 8.99. The van der Waals surface area contributed by atoms with Crippen LogP contribution in [0, 0.1) is 25.2 Å². The maximum atomic E-state index is 9.84. The van der Waals surface area contributed by atoms with Gasteiger partial charge in [-0.1, -0.05) is 26.2 Å². The molecule has 1 fully saturated rings. The fourth-order valence-electron chi connectivity index (χ4n) is 3.79. The highest BCUT2D eigenvalue weighted by molar-refractivity contribution is 7.08. The quantitative estimate of drug-likeness (QED) is 0.417. The summed E-state index contributed by atoms with van der Waals surface area (Å²) in [7, 11) is 2.00. The SMILES string of the molecule is CCN(C)C=Nc1cc(C)c(Oc2snc(C3(C)CCCCC3)c2C#N)cc1C. The number of benzene rings is 1. The summed E-state index contributed by atoms with van der Waals surface area (Å²) in [5.74, 6) is 0.755. The lowest BCUT2D eigenvalue weighted by molar-refractivity contribution is 0.313. The zero-order chi connectivity index (χ0) is 21.0. The number of hydrogen-bond donors (Lipinski definition) is 0. The van der Waals surface area contributed by atoms with E-state index in [1.807, 2.05) is 44.3 Å². The molecule has 3 rings (SSSR count). The molecule has 2 aromatic rings. The summed E-state index contributed by atoms with van der Waals surface area (Å²) in [5.41, 5.74) is 4.45. The zero-order valence-electron chi connectivity index (χ0n) is 18.1. The van der Waals surface area contributed by atoms with Crippen LogP contribution in [0.5, 0.6) is 10.8 Å². The number of aromatic nitrogens is 1. The van der Waals surface area contributed by atoms with Gasteiger partial charge in [-0.25, -0.2) is 4.99 Å². The monoisotopic (exact) mass is 410 g/mol. The van der Waals surface area contributed by atoms with Crippen LogP contribution < -0.4 is 4.74 Å². The molecule has 0 atom stereocenters. The van der Waals surface area contributed by atoms with Crippen LogP contribution in [-0.2, 0) is 5.41 Å². The molecule has 0 aliphatic heterocycles. The van der Waals surface area contributed by atoms with E-state index in [4.69, 9.17) is 4.74 Å². The van der Waals surface area contributed by atoms with Crippen molar-refractivity contribution >= 4 is 23.6 Å². The van der Waals surface area contributed by atoms with Crippen molar-refractivity contribution in [3.05, 3.63) is 34.5 Å². The van der Waals surface area contributed by atoms with Crippen molar-refractivity contribution in [2.75, 3.05) is 13.6 Å². The Balaban J connectivity index is 1.88. The second-order valence-electron chi connectivity index (χ2n) is 8.25. The van der Waals surface area contributed by atoms with Crippen LogP contribution in [0.1, 0.15) is 68.3 Å². The normalized spacial score (nSPS) is 16.0. The molecule has 0 bridgehead atoms. The lowest BCUT2D eigenvalue weighted by Gasteiger charge is -2.32. The average Bonchev–Trinajstić information content (AvgIpc) is 3.13. The van der Waals surface area contributed by atoms with Gasteiger partial charge in [0.05, 0.1) is 17.7 Å². The highest BCUT2D eigenvalue weighted by Gasteiger charge is 2.35. The molecule has 1 aliphatic carbocycles. The molecule has 1 aromatic heterocycles. The molecule has 0 spiro atoms. The number of aryl methyl sites for hydroxylation is 2. The number of nitriles is 1. The first-order chi connectivity index (χ1) is 13.9. The molecule has 5 nitrogen and oxygen atoms in total. The minimum absolute atomic E-state index is 0.0176. The van der Waals surface area contributed by atoms with Crippen molar-refractivity contribution in [1.29, 1.82) is 5.26 Å². The summed E-state index contributed by atoms with van der Waals surface area (Å²) >= 11 is 1.29. The summed E-state index contributed by atoms with van der Waals surface area (Å²) in [6, 6.07) is 6.39. The summed E-state index contributed by atoms with van der Waals surface area (Å²) in [4.78, 5) is 6.61. The number of aliphatic imine (C=N–C) groups is 1. The molecule has 1 heterocycles. The lowest BCUT2D eigenvalue weighted by Crippen LogP contribution is -2.26. The number of rotatable bonds is 6. The molecule has 6 heteroatoms. The van der Waals surface area contributed by atoms with E-state index in [-0.39, 0.29) is 5.41 Å². The molecule has 1 saturated carbocycles. The summed E-state index contributed by atoms with van der Waals surface area (Å²) in [5, 5.41) is 10.4. The van der Waals surface area contributed by atoms with Crippen molar-refractivity contribution in [3.8, 4) is 16.9 Å². The summed E-state index contributed by atoms with van der Waals surface area (Å²) in [6.07, 6.45) is 7.68. The standard InChI is InChI=1S/C23H30N4OS/c1-6-27(5)15-25-19-12-17(3)20(13-16(19)2)28-22-18(14-24)21(26-29-22)23(4)10-8-7-9-11-23/h12-13,15H,6-11H2,1-5H3. The van der Waals surface area contributed by atoms with Gasteiger partial charge >= 0.3 is 0 Å². The van der Waals surface area contributed by atoms with E-state index in [1.54, 1.807) is 0 Å². The Bertz CT molecular complexity index is 935. The van der Waals surface area contributed by atoms with Gasteiger partial charge in [-0.2, -0.15) is 9.64 Å². The van der Waals surface area contributed by atoms with E-state index < -0.39 is 0 Å². The Morgan fingerprint density at radius 1 is 1.28 bits per heavy atom. The molecule has 29 heavy (non-hydrogen) atoms. The summed E-state index contributed by atoms with van der Waals surface area (Å²) in [6.45, 7) is 9.27. The lowest BCUT2D eigenvalue weighted by atomic mass is 9.72. The zero-order valence-corrected chi connectivity index (χ0v) is 18.9. The maximum Gasteiger partial charge on any atom is 0.218 e. The Hall–Kier alpha value is -2.39. The molecule has 0 saturated heterocycles. The Morgan fingerprint density at radius 3 is 2.66 bits per heavy atom. The van der Waals surface area contributed by atoms with E-state index in [1.165, 1.54) is 30.8 Å². The first-order valence-corrected chi connectivity index (χ1v) is 11.1. The Morgan fingerprint density at radius 2 is 2.00 bits per heavy atom. The second kappa shape index (κ2) is 8.96. The van der Waals surface area contributed by atoms with Gasteiger partial charge in [0.2, 0.25) is 5.06 Å². The van der Waals surface area contributed by atoms with Crippen LogP contribution in [-0.4, -0.2) is 29.2 Å². The first kappa shape index (κ1) is 21.3. The number of ether oxygens (including phenoxy) is 1. The van der Waals surface area contributed by atoms with Gasteiger partial charge in [-0.3, -0.25) is 0 Å². The number of nitrogens with zero attached hydrogens (tertiary/aromatic N) is 4. The van der Waals surface area contributed by atoms with Crippen molar-refractivity contribution in [3.63, 3.8) is 0 Å². The third-order valence-electron chi connectivity index (χ3n) is 5.89. The van der Waals surface area contributed by atoms with Crippen LogP contribution in [0.25, 0.3) is 0 Å². The highest BCUT2D eigenvalue weighted by Crippen LogP contribution is 2.44. The molecule has 0 amide bonds. The first-order valence-electron chi connectivity index (χ1n) is 10.3. The van der Waals surface area contributed by atoms with Gasteiger partial charge < -0.3 is 9.64 Å². The Labute approximate surface area is 178 Å². The van der Waals surface area contributed by atoms with Gasteiger partial charge in [0.25, 0.3) is 0 Å². The minimum atomic E-state index is -0.0176. The Kier molecular flexibility index (Phi) is 6.59. The third kappa shape index (κ3) is 4.62. The molecule has 154 valence electrons. The van der Waals surface area contributed by atoms with Crippen LogP contribution in [0.2, 0.25) is 0 Å². The molecule has 1 aliphatic rings. The van der Waals surface area contributed by atoms with Gasteiger partial charge in [-0.15, -0.1) is 0 Å². The molecule has 0 radical (unpaired) electrons. The predicted octanol–water partition coefficient (Wildman–Crippen LogP) is 6.26. The molecular formula is C23H30N4OS. The minimum Gasteiger partial charge on any atom is -0.443 e. The van der Waals surface area contributed by atoms with E-state index in [0.29, 0.717) is 10.6 Å². The van der Waals surface area contributed by atoms with Gasteiger partial charge in [-0.05, 0) is 56.9 Å². The highest BCUT2D eigenvalue weighted by atomic mass is 32.1. The average molecular weight is 411 g/mol. The van der Waals surface area contributed by atoms with Crippen molar-refractivity contribution < 1.29 is 4.74 Å². The molecular weight excluding hydrogens is 380 g/mol. The van der Waals surface area contributed by atoms with Gasteiger partial charge in [0.1, 0.15) is 17.4 Å². The van der Waals surface area contributed by atoms with Crippen molar-refractivity contribution in [1.82, 2.24) is 9.27 Å². The fraction of sp³-hybridized carbons (Fsp3) is 0.522. The predicted molar refractivity (Wildman–Crippen MR) is 120 cm³/mol. The van der Waals surface area contributed by atoms with Crippen molar-refractivity contribution in [2.24, 2.45) is 4.99 Å².